The summed E-state index contributed by atoms with van der Waals surface area (Å²) in [5, 5.41) is 0. The third kappa shape index (κ3) is 4.50. The maximum Gasteiger partial charge on any atom is 0.194 e. The molecule has 0 aliphatic heterocycles. The monoisotopic (exact) mass is 312 g/mol. The first-order valence-electron chi connectivity index (χ1n) is 8.64. The molecule has 0 saturated heterocycles. The summed E-state index contributed by atoms with van der Waals surface area (Å²) in [7, 11) is 0. The summed E-state index contributed by atoms with van der Waals surface area (Å²) in [6.07, 6.45) is 9.52. The van der Waals surface area contributed by atoms with Gasteiger partial charge in [-0.15, -0.1) is 0 Å². The Balaban J connectivity index is 1.87. The van der Waals surface area contributed by atoms with E-state index in [1.165, 1.54) is 44.9 Å². The van der Waals surface area contributed by atoms with E-state index < -0.39 is 17.5 Å². The molecule has 0 aromatic heterocycles. The van der Waals surface area contributed by atoms with Crippen LogP contribution in [-0.2, 0) is 6.42 Å². The molecular weight excluding hydrogens is 285 g/mol. The zero-order chi connectivity index (χ0) is 16.1. The fourth-order valence-electron chi connectivity index (χ4n) is 3.80. The largest absolute Gasteiger partial charge is 0.204 e. The van der Waals surface area contributed by atoms with E-state index in [0.717, 1.165) is 18.1 Å². The highest BCUT2D eigenvalue weighted by Crippen LogP contribution is 2.36. The highest BCUT2D eigenvalue weighted by Gasteiger charge is 2.25. The molecule has 3 heteroatoms. The van der Waals surface area contributed by atoms with Crippen molar-refractivity contribution >= 4 is 0 Å². The summed E-state index contributed by atoms with van der Waals surface area (Å²) >= 11 is 0. The van der Waals surface area contributed by atoms with Gasteiger partial charge in [0.15, 0.2) is 17.5 Å². The molecule has 0 N–H and O–H groups in total. The molecule has 1 unspecified atom stereocenters. The highest BCUT2D eigenvalue weighted by molar-refractivity contribution is 5.20. The second-order valence-corrected chi connectivity index (χ2v) is 6.98. The van der Waals surface area contributed by atoms with Gasteiger partial charge >= 0.3 is 0 Å². The smallest absolute Gasteiger partial charge is 0.194 e. The van der Waals surface area contributed by atoms with Gasteiger partial charge in [0.25, 0.3) is 0 Å². The number of halogens is 3. The number of unbranched alkanes of at least 4 members (excludes halogenated alkanes) is 1. The third-order valence-corrected chi connectivity index (χ3v) is 5.26. The Morgan fingerprint density at radius 1 is 1.05 bits per heavy atom. The van der Waals surface area contributed by atoms with Crippen LogP contribution in [0.5, 0.6) is 0 Å². The number of benzene rings is 1. The van der Waals surface area contributed by atoms with Gasteiger partial charge in [0.1, 0.15) is 0 Å². The number of rotatable bonds is 6. The van der Waals surface area contributed by atoms with Crippen molar-refractivity contribution in [1.82, 2.24) is 0 Å². The Bertz CT molecular complexity index is 453. The van der Waals surface area contributed by atoms with E-state index in [1.54, 1.807) is 0 Å². The minimum atomic E-state index is -1.37. The predicted octanol–water partition coefficient (Wildman–Crippen LogP) is 6.28. The maximum atomic E-state index is 13.3. The Kier molecular flexibility index (Phi) is 6.34. The second-order valence-electron chi connectivity index (χ2n) is 6.98. The van der Waals surface area contributed by atoms with Crippen LogP contribution in [-0.4, -0.2) is 0 Å². The minimum absolute atomic E-state index is 0.386. The Morgan fingerprint density at radius 3 is 2.18 bits per heavy atom. The molecule has 0 radical (unpaired) electrons. The van der Waals surface area contributed by atoms with Crippen LogP contribution < -0.4 is 0 Å². The quantitative estimate of drug-likeness (QED) is 0.542. The SMILES string of the molecule is CCCCC1CCC(C(C)Cc2cc(F)c(F)c(F)c2)CC1. The van der Waals surface area contributed by atoms with Crippen LogP contribution in [0.1, 0.15) is 64.4 Å². The lowest BCUT2D eigenvalue weighted by Gasteiger charge is -2.32. The molecule has 2 rings (SSSR count). The fraction of sp³-hybridized carbons (Fsp3) is 0.684. The zero-order valence-electron chi connectivity index (χ0n) is 13.7. The number of hydrogen-bond acceptors (Lipinski definition) is 0. The molecule has 0 heterocycles. The van der Waals surface area contributed by atoms with E-state index in [-0.39, 0.29) is 0 Å². The van der Waals surface area contributed by atoms with Crippen molar-refractivity contribution in [2.75, 3.05) is 0 Å². The summed E-state index contributed by atoms with van der Waals surface area (Å²) in [6.45, 7) is 4.38. The molecule has 22 heavy (non-hydrogen) atoms. The van der Waals surface area contributed by atoms with Gasteiger partial charge in [0.2, 0.25) is 0 Å². The molecule has 1 atom stereocenters. The summed E-state index contributed by atoms with van der Waals surface area (Å²) in [4.78, 5) is 0. The normalized spacial score (nSPS) is 23.5. The predicted molar refractivity (Wildman–Crippen MR) is 84.2 cm³/mol. The van der Waals surface area contributed by atoms with Gasteiger partial charge in [0, 0.05) is 0 Å². The first kappa shape index (κ1) is 17.4. The summed E-state index contributed by atoms with van der Waals surface area (Å²) in [5.74, 6) is -1.65. The molecule has 0 nitrogen and oxygen atoms in total. The maximum absolute atomic E-state index is 13.3. The van der Waals surface area contributed by atoms with E-state index in [2.05, 4.69) is 13.8 Å². The first-order chi connectivity index (χ1) is 10.5. The lowest BCUT2D eigenvalue weighted by molar-refractivity contribution is 0.204. The number of hydrogen-bond donors (Lipinski definition) is 0. The Morgan fingerprint density at radius 2 is 1.64 bits per heavy atom. The van der Waals surface area contributed by atoms with Crippen LogP contribution in [0.2, 0.25) is 0 Å². The van der Waals surface area contributed by atoms with Crippen molar-refractivity contribution < 1.29 is 13.2 Å². The molecule has 1 aliphatic rings. The summed E-state index contributed by atoms with van der Waals surface area (Å²) in [6, 6.07) is 2.28. The minimum Gasteiger partial charge on any atom is -0.204 e. The lowest BCUT2D eigenvalue weighted by atomic mass is 9.73. The molecule has 1 aliphatic carbocycles. The Hall–Kier alpha value is -0.990. The fourth-order valence-corrected chi connectivity index (χ4v) is 3.80. The molecular formula is C19H27F3. The Labute approximate surface area is 132 Å². The molecule has 1 aromatic carbocycles. The van der Waals surface area contributed by atoms with E-state index in [0.29, 0.717) is 23.8 Å². The molecule has 0 bridgehead atoms. The van der Waals surface area contributed by atoms with E-state index in [9.17, 15) is 13.2 Å². The van der Waals surface area contributed by atoms with Crippen molar-refractivity contribution in [3.05, 3.63) is 35.1 Å². The lowest BCUT2D eigenvalue weighted by Crippen LogP contribution is -2.21. The summed E-state index contributed by atoms with van der Waals surface area (Å²) in [5.41, 5.74) is 0.567. The standard InChI is InChI=1S/C19H27F3/c1-3-4-5-14-6-8-16(9-7-14)13(2)10-15-11-17(20)19(22)18(21)12-15/h11-14,16H,3-10H2,1-2H3. The molecule has 0 spiro atoms. The molecule has 0 amide bonds. The van der Waals surface area contributed by atoms with Crippen molar-refractivity contribution in [3.8, 4) is 0 Å². The van der Waals surface area contributed by atoms with Gasteiger partial charge in [-0.25, -0.2) is 13.2 Å². The van der Waals surface area contributed by atoms with Gasteiger partial charge in [-0.1, -0.05) is 46.0 Å². The molecule has 124 valence electrons. The topological polar surface area (TPSA) is 0 Å². The van der Waals surface area contributed by atoms with Crippen molar-refractivity contribution in [2.24, 2.45) is 17.8 Å². The van der Waals surface area contributed by atoms with Crippen molar-refractivity contribution in [3.63, 3.8) is 0 Å². The highest BCUT2D eigenvalue weighted by atomic mass is 19.2. The van der Waals surface area contributed by atoms with Crippen LogP contribution in [0.3, 0.4) is 0 Å². The van der Waals surface area contributed by atoms with Crippen LogP contribution in [0, 0.1) is 35.2 Å². The van der Waals surface area contributed by atoms with E-state index in [4.69, 9.17) is 0 Å². The van der Waals surface area contributed by atoms with Crippen molar-refractivity contribution in [1.29, 1.82) is 0 Å². The third-order valence-electron chi connectivity index (χ3n) is 5.26. The van der Waals surface area contributed by atoms with Crippen molar-refractivity contribution in [2.45, 2.75) is 65.2 Å². The van der Waals surface area contributed by atoms with E-state index >= 15 is 0 Å². The van der Waals surface area contributed by atoms with E-state index in [1.807, 2.05) is 0 Å². The van der Waals surface area contributed by atoms with Crippen LogP contribution >= 0.6 is 0 Å². The van der Waals surface area contributed by atoms with Crippen LogP contribution in [0.15, 0.2) is 12.1 Å². The van der Waals surface area contributed by atoms with Gasteiger partial charge in [-0.05, 0) is 54.7 Å². The van der Waals surface area contributed by atoms with Crippen LogP contribution in [0.4, 0.5) is 13.2 Å². The average molecular weight is 312 g/mol. The van der Waals surface area contributed by atoms with Gasteiger partial charge in [-0.2, -0.15) is 0 Å². The summed E-state index contributed by atoms with van der Waals surface area (Å²) < 4.78 is 39.6. The van der Waals surface area contributed by atoms with Gasteiger partial charge < -0.3 is 0 Å². The molecule has 1 fully saturated rings. The van der Waals surface area contributed by atoms with Gasteiger partial charge in [0.05, 0.1) is 0 Å². The van der Waals surface area contributed by atoms with Crippen LogP contribution in [0.25, 0.3) is 0 Å². The first-order valence-corrected chi connectivity index (χ1v) is 8.64. The molecule has 1 aromatic rings. The molecule has 1 saturated carbocycles. The average Bonchev–Trinajstić information content (AvgIpc) is 2.51. The van der Waals surface area contributed by atoms with Gasteiger partial charge in [-0.3, -0.25) is 0 Å². The zero-order valence-corrected chi connectivity index (χ0v) is 13.7. The second kappa shape index (κ2) is 8.03.